The highest BCUT2D eigenvalue weighted by Gasteiger charge is 2.11. The number of hydrogen-bond donors (Lipinski definition) is 1. The molecule has 1 heterocycles. The average Bonchev–Trinajstić information content (AvgIpc) is 2.27. The Morgan fingerprint density at radius 1 is 1.22 bits per heavy atom. The summed E-state index contributed by atoms with van der Waals surface area (Å²) < 4.78 is 0. The van der Waals surface area contributed by atoms with Crippen molar-refractivity contribution in [2.24, 2.45) is 0 Å². The second-order valence-corrected chi connectivity index (χ2v) is 4.54. The van der Waals surface area contributed by atoms with Crippen LogP contribution in [0, 0.1) is 13.8 Å². The summed E-state index contributed by atoms with van der Waals surface area (Å²) in [6.45, 7) is 4.05. The number of pyridine rings is 1. The number of anilines is 1. The largest absolute Gasteiger partial charge is 0.397 e. The quantitative estimate of drug-likeness (QED) is 0.839. The van der Waals surface area contributed by atoms with Gasteiger partial charge in [0, 0.05) is 12.6 Å². The van der Waals surface area contributed by atoms with Crippen molar-refractivity contribution in [3.05, 3.63) is 58.9 Å². The normalized spacial score (nSPS) is 10.3. The van der Waals surface area contributed by atoms with Crippen molar-refractivity contribution < 1.29 is 4.79 Å². The Labute approximate surface area is 107 Å². The molecule has 1 aromatic heterocycles. The van der Waals surface area contributed by atoms with Crippen LogP contribution in [0.4, 0.5) is 5.69 Å². The van der Waals surface area contributed by atoms with E-state index in [1.807, 2.05) is 26.0 Å². The zero-order valence-corrected chi connectivity index (χ0v) is 10.6. The number of aryl methyl sites for hydroxylation is 2. The molecule has 0 saturated heterocycles. The Morgan fingerprint density at radius 3 is 2.50 bits per heavy atom. The summed E-state index contributed by atoms with van der Waals surface area (Å²) in [4.78, 5) is 16.2. The average molecular weight is 240 g/mol. The number of Topliss-reactive ketones (excluding diaryl/α,β-unsaturated/α-hetero) is 1. The first-order valence-electron chi connectivity index (χ1n) is 5.87. The highest BCUT2D eigenvalue weighted by atomic mass is 16.1. The first-order chi connectivity index (χ1) is 8.56. The van der Waals surface area contributed by atoms with Crippen molar-refractivity contribution in [2.75, 3.05) is 5.73 Å². The van der Waals surface area contributed by atoms with Crippen molar-refractivity contribution >= 4 is 11.5 Å². The Balaban J connectivity index is 2.24. The molecule has 3 heteroatoms. The fourth-order valence-corrected chi connectivity index (χ4v) is 2.09. The molecule has 3 nitrogen and oxygen atoms in total. The molecule has 0 fully saturated rings. The molecule has 0 spiro atoms. The zero-order valence-electron chi connectivity index (χ0n) is 10.6. The van der Waals surface area contributed by atoms with Gasteiger partial charge in [0.1, 0.15) is 5.69 Å². The summed E-state index contributed by atoms with van der Waals surface area (Å²) >= 11 is 0. The Bertz CT molecular complexity index is 571. The summed E-state index contributed by atoms with van der Waals surface area (Å²) in [5.74, 6) is -0.0434. The molecule has 0 aliphatic rings. The highest BCUT2D eigenvalue weighted by molar-refractivity contribution is 6.00. The highest BCUT2D eigenvalue weighted by Crippen LogP contribution is 2.14. The SMILES string of the molecule is Cc1cc(C)cc(CC(=O)c2ncccc2N)c1. The van der Waals surface area contributed by atoms with Gasteiger partial charge in [-0.2, -0.15) is 0 Å². The second-order valence-electron chi connectivity index (χ2n) is 4.54. The van der Waals surface area contributed by atoms with Crippen LogP contribution in [0.25, 0.3) is 0 Å². The number of nitrogens with zero attached hydrogens (tertiary/aromatic N) is 1. The number of aromatic nitrogens is 1. The molecule has 0 aliphatic carbocycles. The fourth-order valence-electron chi connectivity index (χ4n) is 2.09. The standard InChI is InChI=1S/C15H16N2O/c1-10-6-11(2)8-12(7-10)9-14(18)15-13(16)4-3-5-17-15/h3-8H,9,16H2,1-2H3. The summed E-state index contributed by atoms with van der Waals surface area (Å²) in [6.07, 6.45) is 1.93. The monoisotopic (exact) mass is 240 g/mol. The number of carbonyl (C=O) groups excluding carboxylic acids is 1. The van der Waals surface area contributed by atoms with Crippen LogP contribution >= 0.6 is 0 Å². The minimum Gasteiger partial charge on any atom is -0.397 e. The van der Waals surface area contributed by atoms with Crippen molar-refractivity contribution in [1.29, 1.82) is 0 Å². The molecule has 0 radical (unpaired) electrons. The van der Waals surface area contributed by atoms with E-state index in [1.165, 1.54) is 0 Å². The van der Waals surface area contributed by atoms with E-state index in [1.54, 1.807) is 18.3 Å². The predicted molar refractivity (Wildman–Crippen MR) is 72.6 cm³/mol. The number of rotatable bonds is 3. The number of nitrogen functional groups attached to an aromatic ring is 1. The van der Waals surface area contributed by atoms with Gasteiger partial charge >= 0.3 is 0 Å². The van der Waals surface area contributed by atoms with Crippen LogP contribution in [-0.2, 0) is 6.42 Å². The molecule has 2 rings (SSSR count). The first kappa shape index (κ1) is 12.3. The molecule has 18 heavy (non-hydrogen) atoms. The van der Waals surface area contributed by atoms with E-state index < -0.39 is 0 Å². The lowest BCUT2D eigenvalue weighted by atomic mass is 10.0. The van der Waals surface area contributed by atoms with E-state index in [9.17, 15) is 4.79 Å². The van der Waals surface area contributed by atoms with Crippen molar-refractivity contribution in [1.82, 2.24) is 4.98 Å². The Hall–Kier alpha value is -2.16. The van der Waals surface area contributed by atoms with Gasteiger partial charge < -0.3 is 5.73 Å². The van der Waals surface area contributed by atoms with Gasteiger partial charge in [-0.1, -0.05) is 29.3 Å². The van der Waals surface area contributed by atoms with E-state index in [0.717, 1.165) is 16.7 Å². The van der Waals surface area contributed by atoms with Crippen molar-refractivity contribution in [3.8, 4) is 0 Å². The zero-order chi connectivity index (χ0) is 13.1. The van der Waals surface area contributed by atoms with E-state index in [0.29, 0.717) is 17.8 Å². The molecule has 0 saturated carbocycles. The third kappa shape index (κ3) is 2.74. The molecule has 0 bridgehead atoms. The summed E-state index contributed by atoms with van der Waals surface area (Å²) in [5, 5.41) is 0. The van der Waals surface area contributed by atoms with Gasteiger partial charge in [-0.3, -0.25) is 9.78 Å². The van der Waals surface area contributed by atoms with Crippen LogP contribution in [0.3, 0.4) is 0 Å². The molecule has 2 N–H and O–H groups in total. The van der Waals surface area contributed by atoms with Crippen molar-refractivity contribution in [3.63, 3.8) is 0 Å². The van der Waals surface area contributed by atoms with Crippen LogP contribution in [0.2, 0.25) is 0 Å². The molecule has 0 unspecified atom stereocenters. The van der Waals surface area contributed by atoms with Crippen LogP contribution in [-0.4, -0.2) is 10.8 Å². The molecule has 2 aromatic rings. The number of hydrogen-bond acceptors (Lipinski definition) is 3. The van der Waals surface area contributed by atoms with E-state index in [-0.39, 0.29) is 5.78 Å². The lowest BCUT2D eigenvalue weighted by Crippen LogP contribution is -2.09. The molecular weight excluding hydrogens is 224 g/mol. The van der Waals surface area contributed by atoms with Crippen LogP contribution in [0.15, 0.2) is 36.5 Å². The molecular formula is C15H16N2O. The number of nitrogens with two attached hydrogens (primary N) is 1. The number of ketones is 1. The lowest BCUT2D eigenvalue weighted by Gasteiger charge is -2.05. The van der Waals surface area contributed by atoms with Crippen LogP contribution in [0.1, 0.15) is 27.2 Å². The number of carbonyl (C=O) groups is 1. The van der Waals surface area contributed by atoms with Gasteiger partial charge in [-0.25, -0.2) is 0 Å². The summed E-state index contributed by atoms with van der Waals surface area (Å²) in [7, 11) is 0. The third-order valence-electron chi connectivity index (χ3n) is 2.75. The predicted octanol–water partition coefficient (Wildman–Crippen LogP) is 2.71. The minimum atomic E-state index is -0.0434. The molecule has 0 aliphatic heterocycles. The number of benzene rings is 1. The maximum Gasteiger partial charge on any atom is 0.187 e. The lowest BCUT2D eigenvalue weighted by molar-refractivity contribution is 0.0989. The summed E-state index contributed by atoms with van der Waals surface area (Å²) in [6, 6.07) is 9.54. The van der Waals surface area contributed by atoms with Gasteiger partial charge in [-0.15, -0.1) is 0 Å². The maximum atomic E-state index is 12.1. The van der Waals surface area contributed by atoms with Gasteiger partial charge in [0.05, 0.1) is 5.69 Å². The smallest absolute Gasteiger partial charge is 0.187 e. The van der Waals surface area contributed by atoms with Gasteiger partial charge in [-0.05, 0) is 31.5 Å². The second kappa shape index (κ2) is 5.00. The van der Waals surface area contributed by atoms with Crippen molar-refractivity contribution in [2.45, 2.75) is 20.3 Å². The summed E-state index contributed by atoms with van der Waals surface area (Å²) in [5.41, 5.74) is 9.87. The van der Waals surface area contributed by atoms with E-state index in [2.05, 4.69) is 11.1 Å². The van der Waals surface area contributed by atoms with Gasteiger partial charge in [0.2, 0.25) is 0 Å². The molecule has 92 valence electrons. The van der Waals surface area contributed by atoms with Gasteiger partial charge in [0.15, 0.2) is 5.78 Å². The fraction of sp³-hybridized carbons (Fsp3) is 0.200. The molecule has 0 atom stereocenters. The Morgan fingerprint density at radius 2 is 1.89 bits per heavy atom. The molecule has 0 amide bonds. The van der Waals surface area contributed by atoms with Gasteiger partial charge in [0.25, 0.3) is 0 Å². The maximum absolute atomic E-state index is 12.1. The Kier molecular flexibility index (Phi) is 3.42. The minimum absolute atomic E-state index is 0.0434. The van der Waals surface area contributed by atoms with E-state index in [4.69, 9.17) is 5.73 Å². The first-order valence-corrected chi connectivity index (χ1v) is 5.87. The van der Waals surface area contributed by atoms with E-state index >= 15 is 0 Å². The topological polar surface area (TPSA) is 56.0 Å². The molecule has 1 aromatic carbocycles. The van der Waals surface area contributed by atoms with Crippen LogP contribution < -0.4 is 5.73 Å². The van der Waals surface area contributed by atoms with Crippen LogP contribution in [0.5, 0.6) is 0 Å². The third-order valence-corrected chi connectivity index (χ3v) is 2.75.